The van der Waals surface area contributed by atoms with Crippen LogP contribution in [0.25, 0.3) is 0 Å². The number of aromatic nitrogens is 2. The molecule has 8 heteroatoms. The Bertz CT molecular complexity index is 654. The predicted molar refractivity (Wildman–Crippen MR) is 85.3 cm³/mol. The van der Waals surface area contributed by atoms with Crippen LogP contribution in [-0.2, 0) is 0 Å². The molecule has 1 heterocycles. The number of thioether (sulfide) groups is 1. The number of nitrogens with zero attached hydrogens (tertiary/aromatic N) is 2. The van der Waals surface area contributed by atoms with Crippen LogP contribution < -0.4 is 10.6 Å². The van der Waals surface area contributed by atoms with Gasteiger partial charge < -0.3 is 10.6 Å². The number of nitrogens with one attached hydrogen (secondary N) is 2. The van der Waals surface area contributed by atoms with Gasteiger partial charge in [-0.05, 0) is 35.2 Å². The highest BCUT2D eigenvalue weighted by molar-refractivity contribution is 9.10. The summed E-state index contributed by atoms with van der Waals surface area (Å²) in [7, 11) is 0. The Balaban J connectivity index is 2.34. The SMILES string of the molecule is CCNc1cc(Nc2cc(Br)c(F)cc2F)nc(SC)n1. The second kappa shape index (κ2) is 7.04. The first-order valence-electron chi connectivity index (χ1n) is 6.12. The molecule has 2 rings (SSSR count). The third-order valence-electron chi connectivity index (χ3n) is 2.52. The van der Waals surface area contributed by atoms with Crippen molar-refractivity contribution in [2.24, 2.45) is 0 Å². The van der Waals surface area contributed by atoms with Crippen LogP contribution in [0.5, 0.6) is 0 Å². The zero-order valence-electron chi connectivity index (χ0n) is 11.4. The lowest BCUT2D eigenvalue weighted by molar-refractivity contribution is 0.581. The summed E-state index contributed by atoms with van der Waals surface area (Å²) in [6.07, 6.45) is 1.85. The molecule has 1 aromatic carbocycles. The first-order chi connectivity index (χ1) is 10.0. The number of rotatable bonds is 5. The molecule has 0 aliphatic carbocycles. The van der Waals surface area contributed by atoms with E-state index in [4.69, 9.17) is 0 Å². The Morgan fingerprint density at radius 1 is 1.14 bits per heavy atom. The molecule has 0 spiro atoms. The minimum atomic E-state index is -0.690. The van der Waals surface area contributed by atoms with Crippen LogP contribution in [-0.4, -0.2) is 22.8 Å². The van der Waals surface area contributed by atoms with Crippen molar-refractivity contribution >= 4 is 45.0 Å². The summed E-state index contributed by atoms with van der Waals surface area (Å²) in [4.78, 5) is 8.52. The van der Waals surface area contributed by atoms with Crippen molar-refractivity contribution in [1.82, 2.24) is 9.97 Å². The molecule has 1 aromatic heterocycles. The van der Waals surface area contributed by atoms with Gasteiger partial charge >= 0.3 is 0 Å². The first kappa shape index (κ1) is 16.0. The van der Waals surface area contributed by atoms with Gasteiger partial charge in [0.2, 0.25) is 0 Å². The van der Waals surface area contributed by atoms with Crippen molar-refractivity contribution in [2.75, 3.05) is 23.4 Å². The molecule has 2 N–H and O–H groups in total. The third-order valence-corrected chi connectivity index (χ3v) is 3.67. The maximum absolute atomic E-state index is 13.8. The predicted octanol–water partition coefficient (Wildman–Crippen LogP) is 4.41. The number of hydrogen-bond acceptors (Lipinski definition) is 5. The van der Waals surface area contributed by atoms with E-state index >= 15 is 0 Å². The summed E-state index contributed by atoms with van der Waals surface area (Å²) in [6, 6.07) is 3.81. The number of benzene rings is 1. The van der Waals surface area contributed by atoms with Crippen molar-refractivity contribution in [1.29, 1.82) is 0 Å². The molecule has 0 amide bonds. The number of hydrogen-bond donors (Lipinski definition) is 2. The van der Waals surface area contributed by atoms with Crippen LogP contribution in [0.4, 0.5) is 26.1 Å². The Kier molecular flexibility index (Phi) is 5.35. The van der Waals surface area contributed by atoms with Crippen LogP contribution in [0.15, 0.2) is 27.8 Å². The fourth-order valence-corrected chi connectivity index (χ4v) is 2.33. The van der Waals surface area contributed by atoms with Crippen molar-refractivity contribution in [3.05, 3.63) is 34.3 Å². The van der Waals surface area contributed by atoms with Gasteiger partial charge in [0, 0.05) is 18.7 Å². The smallest absolute Gasteiger partial charge is 0.191 e. The van der Waals surface area contributed by atoms with Crippen LogP contribution in [0.3, 0.4) is 0 Å². The average Bonchev–Trinajstić information content (AvgIpc) is 2.45. The van der Waals surface area contributed by atoms with E-state index in [1.807, 2.05) is 13.2 Å². The lowest BCUT2D eigenvalue weighted by Gasteiger charge is -2.11. The largest absolute Gasteiger partial charge is 0.370 e. The minimum absolute atomic E-state index is 0.136. The molecule has 0 bridgehead atoms. The van der Waals surface area contributed by atoms with E-state index < -0.39 is 11.6 Å². The monoisotopic (exact) mass is 374 g/mol. The average molecular weight is 375 g/mol. The summed E-state index contributed by atoms with van der Waals surface area (Å²) in [6.45, 7) is 2.66. The normalized spacial score (nSPS) is 10.5. The van der Waals surface area contributed by atoms with E-state index in [1.54, 1.807) is 6.07 Å². The molecule has 0 atom stereocenters. The molecule has 21 heavy (non-hydrogen) atoms. The maximum atomic E-state index is 13.8. The van der Waals surface area contributed by atoms with E-state index in [2.05, 4.69) is 36.5 Å². The molecule has 0 radical (unpaired) electrons. The van der Waals surface area contributed by atoms with Gasteiger partial charge in [0.25, 0.3) is 0 Å². The topological polar surface area (TPSA) is 49.8 Å². The quantitative estimate of drug-likeness (QED) is 0.461. The summed E-state index contributed by atoms with van der Waals surface area (Å²) < 4.78 is 27.2. The standard InChI is InChI=1S/C13H13BrF2N4S/c1-3-17-11-6-12(20-13(19-11)21-2)18-10-4-7(14)8(15)5-9(10)16/h4-6H,3H2,1-2H3,(H2,17,18,19,20). The molecule has 0 unspecified atom stereocenters. The molecular formula is C13H13BrF2N4S. The summed E-state index contributed by atoms with van der Waals surface area (Å²) in [5.74, 6) is -0.271. The molecule has 4 nitrogen and oxygen atoms in total. The maximum Gasteiger partial charge on any atom is 0.191 e. The van der Waals surface area contributed by atoms with Crippen LogP contribution >= 0.6 is 27.7 Å². The van der Waals surface area contributed by atoms with Gasteiger partial charge in [-0.2, -0.15) is 0 Å². The summed E-state index contributed by atoms with van der Waals surface area (Å²) >= 11 is 4.41. The van der Waals surface area contributed by atoms with E-state index in [9.17, 15) is 8.78 Å². The second-order valence-corrected chi connectivity index (χ2v) is 5.65. The molecule has 0 saturated carbocycles. The van der Waals surface area contributed by atoms with Crippen molar-refractivity contribution in [3.8, 4) is 0 Å². The highest BCUT2D eigenvalue weighted by atomic mass is 79.9. The van der Waals surface area contributed by atoms with E-state index in [1.165, 1.54) is 17.8 Å². The molecular weight excluding hydrogens is 362 g/mol. The Morgan fingerprint density at radius 2 is 1.86 bits per heavy atom. The van der Waals surface area contributed by atoms with E-state index in [-0.39, 0.29) is 10.2 Å². The number of halogens is 3. The van der Waals surface area contributed by atoms with Crippen molar-refractivity contribution in [2.45, 2.75) is 12.1 Å². The third kappa shape index (κ3) is 4.04. The first-order valence-corrected chi connectivity index (χ1v) is 8.13. The molecule has 0 saturated heterocycles. The second-order valence-electron chi connectivity index (χ2n) is 4.03. The van der Waals surface area contributed by atoms with Crippen molar-refractivity contribution < 1.29 is 8.78 Å². The van der Waals surface area contributed by atoms with Crippen LogP contribution in [0, 0.1) is 11.6 Å². The highest BCUT2D eigenvalue weighted by Gasteiger charge is 2.10. The van der Waals surface area contributed by atoms with Gasteiger partial charge in [0.15, 0.2) is 5.16 Å². The van der Waals surface area contributed by atoms with Gasteiger partial charge in [-0.1, -0.05) is 11.8 Å². The summed E-state index contributed by atoms with van der Waals surface area (Å²) in [5, 5.41) is 6.47. The lowest BCUT2D eigenvalue weighted by atomic mass is 10.3. The number of anilines is 3. The summed E-state index contributed by atoms with van der Waals surface area (Å²) in [5.41, 5.74) is 0.136. The molecule has 2 aromatic rings. The Morgan fingerprint density at radius 3 is 2.52 bits per heavy atom. The zero-order valence-corrected chi connectivity index (χ0v) is 13.8. The van der Waals surface area contributed by atoms with E-state index in [0.717, 1.165) is 6.07 Å². The van der Waals surface area contributed by atoms with E-state index in [0.29, 0.717) is 23.3 Å². The minimum Gasteiger partial charge on any atom is -0.370 e. The van der Waals surface area contributed by atoms with Gasteiger partial charge in [0.05, 0.1) is 10.2 Å². The Labute approximate surface area is 133 Å². The van der Waals surface area contributed by atoms with Gasteiger partial charge in [-0.15, -0.1) is 0 Å². The molecule has 0 fully saturated rings. The fourth-order valence-electron chi connectivity index (χ4n) is 1.61. The molecule has 0 aliphatic heterocycles. The fraction of sp³-hybridized carbons (Fsp3) is 0.231. The highest BCUT2D eigenvalue weighted by Crippen LogP contribution is 2.27. The molecule has 112 valence electrons. The van der Waals surface area contributed by atoms with Gasteiger partial charge in [0.1, 0.15) is 23.3 Å². The zero-order chi connectivity index (χ0) is 15.4. The lowest BCUT2D eigenvalue weighted by Crippen LogP contribution is -2.04. The van der Waals surface area contributed by atoms with Gasteiger partial charge in [-0.25, -0.2) is 18.7 Å². The Hall–Kier alpha value is -1.41. The van der Waals surface area contributed by atoms with Crippen LogP contribution in [0.2, 0.25) is 0 Å². The molecule has 0 aliphatic rings. The van der Waals surface area contributed by atoms with Crippen LogP contribution in [0.1, 0.15) is 6.92 Å². The van der Waals surface area contributed by atoms with Crippen molar-refractivity contribution in [3.63, 3.8) is 0 Å². The van der Waals surface area contributed by atoms with Gasteiger partial charge in [-0.3, -0.25) is 0 Å².